The second kappa shape index (κ2) is 6.41. The molecule has 0 saturated carbocycles. The number of nitrogens with zero attached hydrogens (tertiary/aromatic N) is 1. The summed E-state index contributed by atoms with van der Waals surface area (Å²) in [5.41, 5.74) is 0.633. The van der Waals surface area contributed by atoms with Crippen LogP contribution in [0.25, 0.3) is 0 Å². The smallest absolute Gasteiger partial charge is 0.274 e. The minimum atomic E-state index is -0.200. The van der Waals surface area contributed by atoms with Crippen molar-refractivity contribution in [3.8, 4) is 0 Å². The van der Waals surface area contributed by atoms with Crippen LogP contribution in [0, 0.1) is 5.82 Å². The molecule has 3 rings (SSSR count). The molecule has 21 heavy (non-hydrogen) atoms. The average molecular weight is 308 g/mol. The molecule has 110 valence electrons. The lowest BCUT2D eigenvalue weighted by atomic mass is 10.2. The Morgan fingerprint density at radius 3 is 2.62 bits per heavy atom. The molecular formula is C16H19ClFN3+2. The summed E-state index contributed by atoms with van der Waals surface area (Å²) in [4.78, 5) is 6.95. The Bertz CT molecular complexity index is 577. The molecule has 0 spiro atoms. The fourth-order valence-corrected chi connectivity index (χ4v) is 3.00. The van der Waals surface area contributed by atoms with Crippen LogP contribution in [0.15, 0.2) is 42.6 Å². The number of benzene rings is 1. The molecule has 1 aromatic carbocycles. The monoisotopic (exact) mass is 307 g/mol. The predicted octanol–water partition coefficient (Wildman–Crippen LogP) is 1.20. The summed E-state index contributed by atoms with van der Waals surface area (Å²) < 4.78 is 13.8. The van der Waals surface area contributed by atoms with Crippen molar-refractivity contribution < 1.29 is 14.3 Å². The highest BCUT2D eigenvalue weighted by atomic mass is 35.5. The molecule has 2 heterocycles. The van der Waals surface area contributed by atoms with E-state index in [-0.39, 0.29) is 5.82 Å². The van der Waals surface area contributed by atoms with Gasteiger partial charge in [0.2, 0.25) is 0 Å². The standard InChI is InChI=1S/C16H17ClFN3/c17-14-4-3-5-15(18)13(14)12-20-8-10-21(11-9-20)16-6-1-2-7-19-16/h1-7H,8-12H2/p+2. The third-order valence-corrected chi connectivity index (χ3v) is 4.35. The third kappa shape index (κ3) is 3.34. The summed E-state index contributed by atoms with van der Waals surface area (Å²) in [5, 5.41) is 0.529. The third-order valence-electron chi connectivity index (χ3n) is 3.99. The Kier molecular flexibility index (Phi) is 4.36. The van der Waals surface area contributed by atoms with Gasteiger partial charge < -0.3 is 4.90 Å². The largest absolute Gasteiger partial charge is 0.325 e. The first-order valence-corrected chi connectivity index (χ1v) is 7.60. The Labute approximate surface area is 129 Å². The highest BCUT2D eigenvalue weighted by molar-refractivity contribution is 6.31. The van der Waals surface area contributed by atoms with E-state index in [1.54, 1.807) is 12.1 Å². The van der Waals surface area contributed by atoms with Crippen molar-refractivity contribution in [2.24, 2.45) is 0 Å². The van der Waals surface area contributed by atoms with Crippen LogP contribution in [0.5, 0.6) is 0 Å². The van der Waals surface area contributed by atoms with Crippen molar-refractivity contribution in [2.45, 2.75) is 6.54 Å². The number of aromatic amines is 1. The summed E-state index contributed by atoms with van der Waals surface area (Å²) in [7, 11) is 0. The van der Waals surface area contributed by atoms with E-state index in [9.17, 15) is 4.39 Å². The zero-order valence-corrected chi connectivity index (χ0v) is 12.5. The van der Waals surface area contributed by atoms with Crippen LogP contribution < -0.4 is 14.8 Å². The molecule has 1 fully saturated rings. The van der Waals surface area contributed by atoms with Crippen LogP contribution in [0.3, 0.4) is 0 Å². The molecule has 2 aromatic rings. The molecule has 0 amide bonds. The van der Waals surface area contributed by atoms with Crippen molar-refractivity contribution >= 4 is 17.4 Å². The molecule has 1 aromatic heterocycles. The fraction of sp³-hybridized carbons (Fsp3) is 0.312. The Balaban J connectivity index is 1.62. The van der Waals surface area contributed by atoms with Crippen LogP contribution in [0.2, 0.25) is 5.02 Å². The van der Waals surface area contributed by atoms with E-state index < -0.39 is 0 Å². The molecule has 1 aliphatic heterocycles. The number of quaternary nitrogens is 1. The molecule has 1 aliphatic rings. The van der Waals surface area contributed by atoms with E-state index in [1.165, 1.54) is 11.0 Å². The normalized spacial score (nSPS) is 16.2. The van der Waals surface area contributed by atoms with Gasteiger partial charge in [-0.2, -0.15) is 0 Å². The van der Waals surface area contributed by atoms with Crippen LogP contribution in [0.1, 0.15) is 5.56 Å². The SMILES string of the molecule is Fc1cccc(Cl)c1C[NH+]1CCN(c2cccc[nH+]2)CC1. The van der Waals surface area contributed by atoms with E-state index in [0.29, 0.717) is 17.1 Å². The van der Waals surface area contributed by atoms with Gasteiger partial charge in [-0.05, 0) is 18.2 Å². The maximum atomic E-state index is 13.8. The van der Waals surface area contributed by atoms with Gasteiger partial charge in [-0.3, -0.25) is 4.90 Å². The van der Waals surface area contributed by atoms with Crippen LogP contribution in [0.4, 0.5) is 10.2 Å². The summed E-state index contributed by atoms with van der Waals surface area (Å²) in [6, 6.07) is 11.0. The number of pyridine rings is 1. The maximum absolute atomic E-state index is 13.8. The molecule has 5 heteroatoms. The van der Waals surface area contributed by atoms with Gasteiger partial charge in [0.1, 0.15) is 38.5 Å². The first kappa shape index (κ1) is 14.3. The van der Waals surface area contributed by atoms with Crippen LogP contribution in [-0.4, -0.2) is 26.2 Å². The first-order valence-electron chi connectivity index (χ1n) is 7.22. The average Bonchev–Trinajstić information content (AvgIpc) is 2.53. The fourth-order valence-electron chi connectivity index (χ4n) is 2.77. The molecule has 0 unspecified atom stereocenters. The Morgan fingerprint density at radius 1 is 1.14 bits per heavy atom. The van der Waals surface area contributed by atoms with E-state index in [0.717, 1.165) is 32.0 Å². The van der Waals surface area contributed by atoms with Crippen molar-refractivity contribution in [2.75, 3.05) is 31.1 Å². The van der Waals surface area contributed by atoms with Crippen molar-refractivity contribution in [3.05, 3.63) is 59.0 Å². The highest BCUT2D eigenvalue weighted by Gasteiger charge is 2.26. The summed E-state index contributed by atoms with van der Waals surface area (Å²) in [5.74, 6) is 0.939. The quantitative estimate of drug-likeness (QED) is 0.904. The zero-order chi connectivity index (χ0) is 14.7. The molecule has 0 bridgehead atoms. The number of halogens is 2. The van der Waals surface area contributed by atoms with E-state index in [1.807, 2.05) is 18.3 Å². The number of anilines is 1. The second-order valence-corrected chi connectivity index (χ2v) is 5.77. The summed E-state index contributed by atoms with van der Waals surface area (Å²) in [6.07, 6.45) is 1.94. The Hall–Kier alpha value is -1.65. The number of aromatic nitrogens is 1. The van der Waals surface area contributed by atoms with Gasteiger partial charge in [0.15, 0.2) is 0 Å². The summed E-state index contributed by atoms with van der Waals surface area (Å²) in [6.45, 7) is 4.53. The van der Waals surface area contributed by atoms with Gasteiger partial charge in [0.25, 0.3) is 5.82 Å². The number of hydrogen-bond acceptors (Lipinski definition) is 1. The second-order valence-electron chi connectivity index (χ2n) is 5.36. The van der Waals surface area contributed by atoms with Gasteiger partial charge in [0, 0.05) is 6.07 Å². The van der Waals surface area contributed by atoms with Gasteiger partial charge >= 0.3 is 0 Å². The van der Waals surface area contributed by atoms with Gasteiger partial charge in [-0.25, -0.2) is 9.37 Å². The van der Waals surface area contributed by atoms with Crippen molar-refractivity contribution in [1.82, 2.24) is 0 Å². The molecule has 0 radical (unpaired) electrons. The van der Waals surface area contributed by atoms with E-state index >= 15 is 0 Å². The summed E-state index contributed by atoms with van der Waals surface area (Å²) >= 11 is 6.10. The molecule has 2 N–H and O–H groups in total. The number of H-pyrrole nitrogens is 1. The topological polar surface area (TPSA) is 21.8 Å². The minimum Gasteiger partial charge on any atom is -0.325 e. The minimum absolute atomic E-state index is 0.200. The highest BCUT2D eigenvalue weighted by Crippen LogP contribution is 2.17. The number of nitrogens with one attached hydrogen (secondary N) is 2. The van der Waals surface area contributed by atoms with Crippen LogP contribution in [-0.2, 0) is 6.54 Å². The molecule has 0 atom stereocenters. The van der Waals surface area contributed by atoms with Crippen LogP contribution >= 0.6 is 11.6 Å². The van der Waals surface area contributed by atoms with E-state index in [2.05, 4.69) is 16.0 Å². The van der Waals surface area contributed by atoms with Gasteiger partial charge in [-0.15, -0.1) is 0 Å². The van der Waals surface area contributed by atoms with Gasteiger partial charge in [0.05, 0.1) is 16.8 Å². The zero-order valence-electron chi connectivity index (χ0n) is 11.8. The first-order chi connectivity index (χ1) is 10.2. The lowest BCUT2D eigenvalue weighted by molar-refractivity contribution is -0.914. The lowest BCUT2D eigenvalue weighted by Crippen LogP contribution is -3.13. The van der Waals surface area contributed by atoms with E-state index in [4.69, 9.17) is 11.6 Å². The maximum Gasteiger partial charge on any atom is 0.274 e. The molecule has 1 saturated heterocycles. The lowest BCUT2D eigenvalue weighted by Gasteiger charge is -2.28. The number of piperazine rings is 1. The number of rotatable bonds is 3. The van der Waals surface area contributed by atoms with Crippen molar-refractivity contribution in [1.29, 1.82) is 0 Å². The predicted molar refractivity (Wildman–Crippen MR) is 81.0 cm³/mol. The molecular weight excluding hydrogens is 289 g/mol. The Morgan fingerprint density at radius 2 is 1.95 bits per heavy atom. The van der Waals surface area contributed by atoms with Crippen molar-refractivity contribution in [3.63, 3.8) is 0 Å². The number of hydrogen-bond donors (Lipinski definition) is 1. The van der Waals surface area contributed by atoms with Gasteiger partial charge in [-0.1, -0.05) is 23.7 Å². The molecule has 3 nitrogen and oxygen atoms in total. The molecule has 0 aliphatic carbocycles.